The van der Waals surface area contributed by atoms with Gasteiger partial charge in [-0.15, -0.1) is 0 Å². The summed E-state index contributed by atoms with van der Waals surface area (Å²) in [5.74, 6) is -0.153. The molecule has 0 saturated heterocycles. The monoisotopic (exact) mass is 678 g/mol. The molecular formula is C28H55IO10. The number of hydrogen-bond donors (Lipinski definition) is 0. The van der Waals surface area contributed by atoms with E-state index in [0.717, 1.165) is 32.3 Å². The Hall–Kier alpha value is -0.120. The third-order valence-corrected chi connectivity index (χ3v) is 6.01. The molecule has 0 fully saturated rings. The van der Waals surface area contributed by atoms with Crippen molar-refractivity contribution in [2.45, 2.75) is 58.3 Å². The summed E-state index contributed by atoms with van der Waals surface area (Å²) in [4.78, 5) is 11.4. The average Bonchev–Trinajstić information content (AvgIpc) is 2.94. The molecule has 0 unspecified atom stereocenters. The standard InChI is InChI=1S/C28H55IO10/c1-2-3-6-9-28(30)39-27-26-38-25-24-37-23-22-36-21-20-35-19-18-34-17-16-33-15-14-32-13-12-31-11-8-5-4-7-10-29/h2-27H2,1H3. The lowest BCUT2D eigenvalue weighted by atomic mass is 10.2. The minimum Gasteiger partial charge on any atom is -0.463 e. The van der Waals surface area contributed by atoms with Crippen LogP contribution in [0.5, 0.6) is 0 Å². The van der Waals surface area contributed by atoms with Crippen LogP contribution in [-0.4, -0.2) is 123 Å². The lowest BCUT2D eigenvalue weighted by Gasteiger charge is -2.09. The van der Waals surface area contributed by atoms with Crippen LogP contribution in [0.3, 0.4) is 0 Å². The Morgan fingerprint density at radius 3 is 1.18 bits per heavy atom. The van der Waals surface area contributed by atoms with Crippen LogP contribution in [0.2, 0.25) is 0 Å². The number of esters is 1. The molecule has 0 aliphatic carbocycles. The fourth-order valence-electron chi connectivity index (χ4n) is 3.10. The molecule has 234 valence electrons. The predicted octanol–water partition coefficient (Wildman–Crippen LogP) is 4.24. The van der Waals surface area contributed by atoms with Gasteiger partial charge in [0.15, 0.2) is 0 Å². The highest BCUT2D eigenvalue weighted by Crippen LogP contribution is 2.02. The van der Waals surface area contributed by atoms with Crippen molar-refractivity contribution in [2.24, 2.45) is 0 Å². The van der Waals surface area contributed by atoms with Gasteiger partial charge < -0.3 is 42.6 Å². The van der Waals surface area contributed by atoms with E-state index in [0.29, 0.717) is 106 Å². The Morgan fingerprint density at radius 1 is 0.436 bits per heavy atom. The number of unbranched alkanes of at least 4 members (excludes halogenated alkanes) is 5. The Bertz CT molecular complexity index is 474. The first-order valence-electron chi connectivity index (χ1n) is 14.6. The van der Waals surface area contributed by atoms with Crippen molar-refractivity contribution in [3.05, 3.63) is 0 Å². The highest BCUT2D eigenvalue weighted by molar-refractivity contribution is 14.1. The van der Waals surface area contributed by atoms with E-state index in [1.54, 1.807) is 0 Å². The van der Waals surface area contributed by atoms with Crippen LogP contribution in [0, 0.1) is 0 Å². The van der Waals surface area contributed by atoms with Gasteiger partial charge in [0.1, 0.15) is 6.61 Å². The van der Waals surface area contributed by atoms with Crippen LogP contribution < -0.4 is 0 Å². The van der Waals surface area contributed by atoms with E-state index in [2.05, 4.69) is 29.5 Å². The first-order chi connectivity index (χ1) is 19.3. The van der Waals surface area contributed by atoms with Crippen LogP contribution in [0.1, 0.15) is 58.3 Å². The van der Waals surface area contributed by atoms with Crippen molar-refractivity contribution < 1.29 is 47.4 Å². The molecule has 0 aromatic carbocycles. The van der Waals surface area contributed by atoms with Gasteiger partial charge in [-0.3, -0.25) is 4.79 Å². The zero-order chi connectivity index (χ0) is 28.3. The van der Waals surface area contributed by atoms with Gasteiger partial charge in [-0.25, -0.2) is 0 Å². The summed E-state index contributed by atoms with van der Waals surface area (Å²) in [7, 11) is 0. The number of hydrogen-bond acceptors (Lipinski definition) is 10. The van der Waals surface area contributed by atoms with E-state index in [-0.39, 0.29) is 12.6 Å². The van der Waals surface area contributed by atoms with E-state index in [1.807, 2.05) is 0 Å². The van der Waals surface area contributed by atoms with E-state index in [1.165, 1.54) is 23.7 Å². The predicted molar refractivity (Wildman–Crippen MR) is 159 cm³/mol. The molecular weight excluding hydrogens is 623 g/mol. The molecule has 0 aromatic heterocycles. The number of ether oxygens (including phenoxy) is 9. The fraction of sp³-hybridized carbons (Fsp3) is 0.964. The van der Waals surface area contributed by atoms with Crippen molar-refractivity contribution in [1.82, 2.24) is 0 Å². The van der Waals surface area contributed by atoms with Gasteiger partial charge in [-0.1, -0.05) is 55.2 Å². The zero-order valence-electron chi connectivity index (χ0n) is 24.3. The molecule has 0 aliphatic rings. The summed E-state index contributed by atoms with van der Waals surface area (Å²) < 4.78 is 50.0. The quantitative estimate of drug-likeness (QED) is 0.0426. The molecule has 0 amide bonds. The van der Waals surface area contributed by atoms with Gasteiger partial charge in [-0.05, 0) is 23.7 Å². The normalized spacial score (nSPS) is 11.3. The Kier molecular flexibility index (Phi) is 35.8. The lowest BCUT2D eigenvalue weighted by Crippen LogP contribution is -2.15. The van der Waals surface area contributed by atoms with Crippen molar-refractivity contribution in [1.29, 1.82) is 0 Å². The maximum absolute atomic E-state index is 11.4. The van der Waals surface area contributed by atoms with E-state index < -0.39 is 0 Å². The molecule has 0 aliphatic heterocycles. The van der Waals surface area contributed by atoms with Crippen LogP contribution in [-0.2, 0) is 47.4 Å². The smallest absolute Gasteiger partial charge is 0.305 e. The van der Waals surface area contributed by atoms with Crippen molar-refractivity contribution in [3.8, 4) is 0 Å². The average molecular weight is 679 g/mol. The first kappa shape index (κ1) is 38.9. The van der Waals surface area contributed by atoms with Gasteiger partial charge in [0, 0.05) is 13.0 Å². The maximum atomic E-state index is 11.4. The Balaban J connectivity index is 3.06. The number of rotatable bonds is 34. The Morgan fingerprint density at radius 2 is 0.795 bits per heavy atom. The summed E-state index contributed by atoms with van der Waals surface area (Å²) in [5, 5.41) is 0. The van der Waals surface area contributed by atoms with Gasteiger partial charge in [-0.2, -0.15) is 0 Å². The van der Waals surface area contributed by atoms with Crippen LogP contribution in [0.25, 0.3) is 0 Å². The van der Waals surface area contributed by atoms with Gasteiger partial charge in [0.05, 0.1) is 99.1 Å². The minimum absolute atomic E-state index is 0.153. The molecule has 11 heteroatoms. The summed E-state index contributed by atoms with van der Waals surface area (Å²) in [6, 6.07) is 0. The molecule has 0 radical (unpaired) electrons. The van der Waals surface area contributed by atoms with Gasteiger partial charge in [0.2, 0.25) is 0 Å². The largest absolute Gasteiger partial charge is 0.463 e. The van der Waals surface area contributed by atoms with Crippen molar-refractivity contribution in [3.63, 3.8) is 0 Å². The molecule has 0 atom stereocenters. The molecule has 0 saturated carbocycles. The molecule has 0 heterocycles. The molecule has 0 spiro atoms. The summed E-state index contributed by atoms with van der Waals surface area (Å²) in [6.45, 7) is 11.1. The van der Waals surface area contributed by atoms with Crippen LogP contribution in [0.4, 0.5) is 0 Å². The van der Waals surface area contributed by atoms with E-state index >= 15 is 0 Å². The SMILES string of the molecule is CCCCCC(=O)OCCOCCOCCOCCOCCOCCOCCOCCOCCCCCCI. The Labute approximate surface area is 250 Å². The number of carbonyl (C=O) groups is 1. The highest BCUT2D eigenvalue weighted by atomic mass is 127. The minimum atomic E-state index is -0.153. The topological polar surface area (TPSA) is 100 Å². The fourth-order valence-corrected chi connectivity index (χ4v) is 3.64. The number of carbonyl (C=O) groups excluding carboxylic acids is 1. The number of alkyl halides is 1. The molecule has 0 rings (SSSR count). The third kappa shape index (κ3) is 35.9. The summed E-state index contributed by atoms with van der Waals surface area (Å²) in [6.07, 6.45) is 8.50. The maximum Gasteiger partial charge on any atom is 0.305 e. The molecule has 0 aromatic rings. The second-order valence-corrected chi connectivity index (χ2v) is 9.76. The van der Waals surface area contributed by atoms with Crippen molar-refractivity contribution >= 4 is 28.6 Å². The molecule has 10 nitrogen and oxygen atoms in total. The first-order valence-corrected chi connectivity index (χ1v) is 16.2. The van der Waals surface area contributed by atoms with Gasteiger partial charge >= 0.3 is 5.97 Å². The van der Waals surface area contributed by atoms with Crippen LogP contribution in [0.15, 0.2) is 0 Å². The summed E-state index contributed by atoms with van der Waals surface area (Å²) >= 11 is 2.42. The van der Waals surface area contributed by atoms with E-state index in [9.17, 15) is 4.79 Å². The third-order valence-electron chi connectivity index (χ3n) is 5.25. The second-order valence-electron chi connectivity index (χ2n) is 8.68. The molecule has 39 heavy (non-hydrogen) atoms. The van der Waals surface area contributed by atoms with Crippen molar-refractivity contribution in [2.75, 3.05) is 117 Å². The molecule has 0 bridgehead atoms. The van der Waals surface area contributed by atoms with Crippen LogP contribution >= 0.6 is 22.6 Å². The summed E-state index contributed by atoms with van der Waals surface area (Å²) in [5.41, 5.74) is 0. The lowest BCUT2D eigenvalue weighted by molar-refractivity contribution is -0.145. The second kappa shape index (κ2) is 35.9. The number of halogens is 1. The highest BCUT2D eigenvalue weighted by Gasteiger charge is 2.01. The van der Waals surface area contributed by atoms with Gasteiger partial charge in [0.25, 0.3) is 0 Å². The zero-order valence-corrected chi connectivity index (χ0v) is 26.5. The van der Waals surface area contributed by atoms with E-state index in [4.69, 9.17) is 42.6 Å². The molecule has 0 N–H and O–H groups in total.